The second-order valence-electron chi connectivity index (χ2n) is 5.21. The van der Waals surface area contributed by atoms with E-state index in [9.17, 15) is 8.42 Å². The first-order valence-corrected chi connectivity index (χ1v) is 9.37. The van der Waals surface area contributed by atoms with Gasteiger partial charge in [0.25, 0.3) is 0 Å². The van der Waals surface area contributed by atoms with E-state index in [1.165, 1.54) is 0 Å². The van der Waals surface area contributed by atoms with E-state index in [2.05, 4.69) is 12.2 Å². The van der Waals surface area contributed by atoms with Crippen LogP contribution in [0.1, 0.15) is 25.8 Å². The highest BCUT2D eigenvalue weighted by atomic mass is 32.2. The van der Waals surface area contributed by atoms with Crippen LogP contribution in [-0.2, 0) is 16.3 Å². The maximum atomic E-state index is 11.7. The van der Waals surface area contributed by atoms with Crippen LogP contribution in [0.15, 0.2) is 24.3 Å². The number of hydrogen-bond acceptors (Lipinski definition) is 4. The number of ether oxygens (including phenoxy) is 1. The largest absolute Gasteiger partial charge is 0.496 e. The van der Waals surface area contributed by atoms with Crippen molar-refractivity contribution in [2.75, 3.05) is 31.7 Å². The molecule has 1 aromatic rings. The Morgan fingerprint density at radius 2 is 1.95 bits per heavy atom. The fourth-order valence-electron chi connectivity index (χ4n) is 2.30. The molecule has 5 heteroatoms. The molecular weight excluding hydrogens is 286 g/mol. The zero-order valence-electron chi connectivity index (χ0n) is 13.3. The van der Waals surface area contributed by atoms with Crippen LogP contribution in [0, 0.1) is 5.92 Å². The Morgan fingerprint density at radius 3 is 2.57 bits per heavy atom. The molecule has 0 aliphatic rings. The molecule has 0 amide bonds. The normalized spacial score (nSPS) is 13.1. The van der Waals surface area contributed by atoms with Gasteiger partial charge in [0, 0.05) is 5.75 Å². The average Bonchev–Trinajstić information content (AvgIpc) is 2.50. The molecule has 4 nitrogen and oxygen atoms in total. The molecule has 0 saturated carbocycles. The Bertz CT molecular complexity index is 514. The predicted octanol–water partition coefficient (Wildman–Crippen LogP) is 2.29. The van der Waals surface area contributed by atoms with Gasteiger partial charge in [0.1, 0.15) is 15.6 Å². The Labute approximate surface area is 128 Å². The van der Waals surface area contributed by atoms with Crippen molar-refractivity contribution in [3.05, 3.63) is 29.8 Å². The molecule has 0 fully saturated rings. The summed E-state index contributed by atoms with van der Waals surface area (Å²) >= 11 is 0. The smallest absolute Gasteiger partial charge is 0.150 e. The Hall–Kier alpha value is -1.07. The molecular formula is C16H27NO3S. The molecule has 1 rings (SSSR count). The summed E-state index contributed by atoms with van der Waals surface area (Å²) in [6.07, 6.45) is 1.51. The molecule has 1 aromatic carbocycles. The van der Waals surface area contributed by atoms with Crippen molar-refractivity contribution in [2.24, 2.45) is 5.92 Å². The Kier molecular flexibility index (Phi) is 7.75. The van der Waals surface area contributed by atoms with Crippen LogP contribution in [0.3, 0.4) is 0 Å². The first-order valence-electron chi connectivity index (χ1n) is 7.55. The Balaban J connectivity index is 2.73. The third-order valence-electron chi connectivity index (χ3n) is 3.66. The summed E-state index contributed by atoms with van der Waals surface area (Å²) in [7, 11) is -1.24. The van der Waals surface area contributed by atoms with E-state index in [-0.39, 0.29) is 11.5 Å². The SMILES string of the molecule is CCNCC(CCS(=O)(=O)CC)Cc1ccccc1OC. The first-order chi connectivity index (χ1) is 10.0. The molecule has 1 atom stereocenters. The van der Waals surface area contributed by atoms with Crippen LogP contribution in [0.2, 0.25) is 0 Å². The van der Waals surface area contributed by atoms with Gasteiger partial charge in [-0.3, -0.25) is 0 Å². The lowest BCUT2D eigenvalue weighted by Gasteiger charge is -2.18. The van der Waals surface area contributed by atoms with Gasteiger partial charge in [-0.05, 0) is 43.5 Å². The van der Waals surface area contributed by atoms with E-state index < -0.39 is 9.84 Å². The van der Waals surface area contributed by atoms with Crippen LogP contribution in [0.5, 0.6) is 5.75 Å². The molecule has 0 saturated heterocycles. The number of methoxy groups -OCH3 is 1. The van der Waals surface area contributed by atoms with Crippen LogP contribution in [-0.4, -0.2) is 40.1 Å². The molecule has 21 heavy (non-hydrogen) atoms. The summed E-state index contributed by atoms with van der Waals surface area (Å²) in [5.41, 5.74) is 1.14. The van der Waals surface area contributed by atoms with Crippen molar-refractivity contribution in [1.29, 1.82) is 0 Å². The average molecular weight is 313 g/mol. The number of benzene rings is 1. The molecule has 0 aromatic heterocycles. The number of nitrogens with one attached hydrogen (secondary N) is 1. The molecule has 0 bridgehead atoms. The molecule has 0 heterocycles. The van der Waals surface area contributed by atoms with Gasteiger partial charge in [0.05, 0.1) is 12.9 Å². The zero-order chi connectivity index (χ0) is 15.7. The van der Waals surface area contributed by atoms with Crippen molar-refractivity contribution in [2.45, 2.75) is 26.7 Å². The second-order valence-corrected chi connectivity index (χ2v) is 7.69. The maximum absolute atomic E-state index is 11.7. The highest BCUT2D eigenvalue weighted by Crippen LogP contribution is 2.22. The number of rotatable bonds is 10. The summed E-state index contributed by atoms with van der Waals surface area (Å²) in [6, 6.07) is 7.93. The van der Waals surface area contributed by atoms with E-state index >= 15 is 0 Å². The van der Waals surface area contributed by atoms with Gasteiger partial charge < -0.3 is 10.1 Å². The number of sulfone groups is 1. The van der Waals surface area contributed by atoms with Gasteiger partial charge in [-0.1, -0.05) is 32.0 Å². The zero-order valence-corrected chi connectivity index (χ0v) is 14.1. The molecule has 0 aliphatic carbocycles. The van der Waals surface area contributed by atoms with E-state index in [1.807, 2.05) is 24.3 Å². The fourth-order valence-corrected chi connectivity index (χ4v) is 3.28. The minimum atomic E-state index is -2.91. The molecule has 1 N–H and O–H groups in total. The maximum Gasteiger partial charge on any atom is 0.150 e. The quantitative estimate of drug-likeness (QED) is 0.720. The molecule has 0 spiro atoms. The summed E-state index contributed by atoms with van der Waals surface area (Å²) in [4.78, 5) is 0. The monoisotopic (exact) mass is 313 g/mol. The van der Waals surface area contributed by atoms with Crippen LogP contribution < -0.4 is 10.1 Å². The minimum Gasteiger partial charge on any atom is -0.496 e. The summed E-state index contributed by atoms with van der Waals surface area (Å²) < 4.78 is 28.8. The van der Waals surface area contributed by atoms with E-state index in [1.54, 1.807) is 14.0 Å². The highest BCUT2D eigenvalue weighted by molar-refractivity contribution is 7.91. The van der Waals surface area contributed by atoms with E-state index in [0.717, 1.165) is 30.8 Å². The van der Waals surface area contributed by atoms with Crippen molar-refractivity contribution < 1.29 is 13.2 Å². The summed E-state index contributed by atoms with van der Waals surface area (Å²) in [5.74, 6) is 1.64. The van der Waals surface area contributed by atoms with E-state index in [4.69, 9.17) is 4.74 Å². The van der Waals surface area contributed by atoms with Crippen molar-refractivity contribution >= 4 is 9.84 Å². The molecule has 0 aliphatic heterocycles. The van der Waals surface area contributed by atoms with Gasteiger partial charge in [0.2, 0.25) is 0 Å². The molecule has 1 unspecified atom stereocenters. The first kappa shape index (κ1) is 18.0. The van der Waals surface area contributed by atoms with Gasteiger partial charge in [-0.2, -0.15) is 0 Å². The molecule has 0 radical (unpaired) electrons. The van der Waals surface area contributed by atoms with Crippen LogP contribution in [0.25, 0.3) is 0 Å². The standard InChI is InChI=1S/C16H27NO3S/c1-4-17-13-14(10-11-21(18,19)5-2)12-15-8-6-7-9-16(15)20-3/h6-9,14,17H,4-5,10-13H2,1-3H3. The fraction of sp³-hybridized carbons (Fsp3) is 0.625. The topological polar surface area (TPSA) is 55.4 Å². The summed E-state index contributed by atoms with van der Waals surface area (Å²) in [6.45, 7) is 5.48. The van der Waals surface area contributed by atoms with E-state index in [0.29, 0.717) is 12.3 Å². The third kappa shape index (κ3) is 6.48. The van der Waals surface area contributed by atoms with Gasteiger partial charge in [0.15, 0.2) is 0 Å². The number of para-hydroxylation sites is 1. The highest BCUT2D eigenvalue weighted by Gasteiger charge is 2.16. The lowest BCUT2D eigenvalue weighted by Crippen LogP contribution is -2.26. The van der Waals surface area contributed by atoms with Crippen molar-refractivity contribution in [3.8, 4) is 5.75 Å². The van der Waals surface area contributed by atoms with Gasteiger partial charge in [-0.15, -0.1) is 0 Å². The summed E-state index contributed by atoms with van der Waals surface area (Å²) in [5, 5.41) is 3.32. The second kappa shape index (κ2) is 9.05. The van der Waals surface area contributed by atoms with Gasteiger partial charge >= 0.3 is 0 Å². The van der Waals surface area contributed by atoms with Crippen molar-refractivity contribution in [1.82, 2.24) is 5.32 Å². The third-order valence-corrected chi connectivity index (χ3v) is 5.40. The lowest BCUT2D eigenvalue weighted by molar-refractivity contribution is 0.399. The van der Waals surface area contributed by atoms with Crippen LogP contribution >= 0.6 is 0 Å². The molecule has 120 valence electrons. The predicted molar refractivity (Wildman–Crippen MR) is 87.7 cm³/mol. The lowest BCUT2D eigenvalue weighted by atomic mass is 9.96. The Morgan fingerprint density at radius 1 is 1.24 bits per heavy atom. The van der Waals surface area contributed by atoms with Gasteiger partial charge in [-0.25, -0.2) is 8.42 Å². The van der Waals surface area contributed by atoms with Crippen LogP contribution in [0.4, 0.5) is 0 Å². The minimum absolute atomic E-state index is 0.218. The van der Waals surface area contributed by atoms with Crippen molar-refractivity contribution in [3.63, 3.8) is 0 Å². The number of hydrogen-bond donors (Lipinski definition) is 1.